The Labute approximate surface area is 112 Å². The summed E-state index contributed by atoms with van der Waals surface area (Å²) in [6, 6.07) is 1.72. The maximum atomic E-state index is 13.2. The molecule has 1 aromatic rings. The second-order valence-electron chi connectivity index (χ2n) is 4.41. The van der Waals surface area contributed by atoms with E-state index in [1.54, 1.807) is 0 Å². The first-order valence-corrected chi connectivity index (χ1v) is 5.88. The third-order valence-electron chi connectivity index (χ3n) is 3.23. The van der Waals surface area contributed by atoms with Crippen LogP contribution in [-0.2, 0) is 4.79 Å². The Balaban J connectivity index is 2.41. The summed E-state index contributed by atoms with van der Waals surface area (Å²) in [5.74, 6) is -2.01. The molecular formula is C11H10ClFN2O4. The Kier molecular flexibility index (Phi) is 3.32. The second-order valence-corrected chi connectivity index (χ2v) is 4.81. The van der Waals surface area contributed by atoms with Gasteiger partial charge in [0.2, 0.25) is 0 Å². The van der Waals surface area contributed by atoms with Crippen molar-refractivity contribution in [2.24, 2.45) is 0 Å². The van der Waals surface area contributed by atoms with E-state index in [0.29, 0.717) is 25.3 Å². The molecular weight excluding hydrogens is 279 g/mol. The molecule has 0 unspecified atom stereocenters. The summed E-state index contributed by atoms with van der Waals surface area (Å²) in [6.45, 7) is 0. The molecule has 2 N–H and O–H groups in total. The van der Waals surface area contributed by atoms with E-state index < -0.39 is 27.9 Å². The number of hydrogen-bond acceptors (Lipinski definition) is 4. The van der Waals surface area contributed by atoms with Crippen LogP contribution < -0.4 is 5.32 Å². The second kappa shape index (κ2) is 4.65. The van der Waals surface area contributed by atoms with Gasteiger partial charge in [0, 0.05) is 0 Å². The van der Waals surface area contributed by atoms with E-state index in [1.807, 2.05) is 0 Å². The molecule has 0 aliphatic heterocycles. The Morgan fingerprint density at radius 1 is 1.53 bits per heavy atom. The van der Waals surface area contributed by atoms with Gasteiger partial charge in [-0.05, 0) is 25.3 Å². The Morgan fingerprint density at radius 2 is 2.16 bits per heavy atom. The van der Waals surface area contributed by atoms with Crippen LogP contribution in [0.1, 0.15) is 19.3 Å². The molecule has 1 aromatic carbocycles. The van der Waals surface area contributed by atoms with Gasteiger partial charge in [-0.2, -0.15) is 0 Å². The van der Waals surface area contributed by atoms with E-state index in [2.05, 4.69) is 5.32 Å². The van der Waals surface area contributed by atoms with Gasteiger partial charge < -0.3 is 10.4 Å². The zero-order valence-corrected chi connectivity index (χ0v) is 10.4. The van der Waals surface area contributed by atoms with Gasteiger partial charge in [0.05, 0.1) is 16.0 Å². The van der Waals surface area contributed by atoms with Crippen LogP contribution in [0.3, 0.4) is 0 Å². The summed E-state index contributed by atoms with van der Waals surface area (Å²) in [5, 5.41) is 22.3. The average Bonchev–Trinajstić information content (AvgIpc) is 2.26. The molecule has 2 rings (SSSR count). The maximum absolute atomic E-state index is 13.2. The van der Waals surface area contributed by atoms with Gasteiger partial charge in [-0.15, -0.1) is 0 Å². The van der Waals surface area contributed by atoms with Crippen molar-refractivity contribution in [3.63, 3.8) is 0 Å². The van der Waals surface area contributed by atoms with Crippen molar-refractivity contribution < 1.29 is 19.2 Å². The number of aliphatic carboxylic acids is 1. The molecule has 0 heterocycles. The Morgan fingerprint density at radius 3 is 2.58 bits per heavy atom. The van der Waals surface area contributed by atoms with Gasteiger partial charge in [0.25, 0.3) is 5.69 Å². The first-order chi connectivity index (χ1) is 8.85. The predicted molar refractivity (Wildman–Crippen MR) is 65.9 cm³/mol. The topological polar surface area (TPSA) is 92.5 Å². The molecule has 0 atom stereocenters. The van der Waals surface area contributed by atoms with Gasteiger partial charge in [0.15, 0.2) is 0 Å². The number of benzene rings is 1. The number of hydrogen-bond donors (Lipinski definition) is 2. The van der Waals surface area contributed by atoms with E-state index in [4.69, 9.17) is 16.7 Å². The average molecular weight is 289 g/mol. The van der Waals surface area contributed by atoms with Crippen molar-refractivity contribution >= 4 is 28.9 Å². The summed E-state index contributed by atoms with van der Waals surface area (Å²) >= 11 is 5.58. The van der Waals surface area contributed by atoms with Crippen molar-refractivity contribution in [3.8, 4) is 0 Å². The van der Waals surface area contributed by atoms with E-state index in [0.717, 1.165) is 6.07 Å². The van der Waals surface area contributed by atoms with E-state index in [1.165, 1.54) is 0 Å². The van der Waals surface area contributed by atoms with E-state index in [-0.39, 0.29) is 10.7 Å². The van der Waals surface area contributed by atoms with Crippen LogP contribution in [0.4, 0.5) is 15.8 Å². The van der Waals surface area contributed by atoms with Gasteiger partial charge in [-0.3, -0.25) is 10.1 Å². The Hall–Kier alpha value is -1.89. The molecule has 1 aliphatic rings. The standard InChI is InChI=1S/C11H10ClFN2O4/c12-6-4-8(9(15(18)19)5-7(6)13)14-11(10(16)17)2-1-3-11/h4-5,14H,1-3H2,(H,16,17). The molecule has 0 aromatic heterocycles. The fourth-order valence-corrected chi connectivity index (χ4v) is 2.13. The molecule has 0 radical (unpaired) electrons. The van der Waals surface area contributed by atoms with Crippen LogP contribution in [-0.4, -0.2) is 21.5 Å². The minimum Gasteiger partial charge on any atom is -0.480 e. The largest absolute Gasteiger partial charge is 0.480 e. The number of carboxylic acids is 1. The molecule has 1 aliphatic carbocycles. The van der Waals surface area contributed by atoms with Gasteiger partial charge in [0.1, 0.15) is 17.0 Å². The number of nitro groups is 1. The smallest absolute Gasteiger partial charge is 0.329 e. The molecule has 0 saturated heterocycles. The highest BCUT2D eigenvalue weighted by Crippen LogP contribution is 2.39. The normalized spacial score (nSPS) is 16.5. The lowest BCUT2D eigenvalue weighted by molar-refractivity contribution is -0.384. The fourth-order valence-electron chi connectivity index (χ4n) is 1.97. The molecule has 0 amide bonds. The van der Waals surface area contributed by atoms with Gasteiger partial charge in [-0.25, -0.2) is 9.18 Å². The summed E-state index contributed by atoms with van der Waals surface area (Å²) in [7, 11) is 0. The van der Waals surface area contributed by atoms with Crippen LogP contribution in [0.15, 0.2) is 12.1 Å². The van der Waals surface area contributed by atoms with Crippen molar-refractivity contribution in [1.29, 1.82) is 0 Å². The highest BCUT2D eigenvalue weighted by molar-refractivity contribution is 6.31. The molecule has 1 saturated carbocycles. The highest BCUT2D eigenvalue weighted by Gasteiger charge is 2.45. The number of carboxylic acid groups (broad SMARTS) is 1. The number of nitro benzene ring substituents is 1. The molecule has 1 fully saturated rings. The number of nitrogens with zero attached hydrogens (tertiary/aromatic N) is 1. The molecule has 102 valence electrons. The zero-order valence-electron chi connectivity index (χ0n) is 9.65. The van der Waals surface area contributed by atoms with Gasteiger partial charge in [-0.1, -0.05) is 11.6 Å². The number of carbonyl (C=O) groups is 1. The summed E-state index contributed by atoms with van der Waals surface area (Å²) in [6.07, 6.45) is 1.42. The highest BCUT2D eigenvalue weighted by atomic mass is 35.5. The van der Waals surface area contributed by atoms with Crippen molar-refractivity contribution in [2.75, 3.05) is 5.32 Å². The summed E-state index contributed by atoms with van der Waals surface area (Å²) < 4.78 is 13.2. The minimum absolute atomic E-state index is 0.0847. The Bertz CT molecular complexity index is 560. The number of anilines is 1. The molecule has 19 heavy (non-hydrogen) atoms. The van der Waals surface area contributed by atoms with E-state index in [9.17, 15) is 19.3 Å². The SMILES string of the molecule is O=C(O)C1(Nc2cc(Cl)c(F)cc2[N+](=O)[O-])CCC1. The first kappa shape index (κ1) is 13.5. The predicted octanol–water partition coefficient (Wildman–Crippen LogP) is 2.81. The van der Waals surface area contributed by atoms with Crippen LogP contribution in [0.2, 0.25) is 5.02 Å². The van der Waals surface area contributed by atoms with Crippen LogP contribution in [0.25, 0.3) is 0 Å². The first-order valence-electron chi connectivity index (χ1n) is 5.51. The number of nitrogens with one attached hydrogen (secondary N) is 1. The number of rotatable bonds is 4. The monoisotopic (exact) mass is 288 g/mol. The van der Waals surface area contributed by atoms with Gasteiger partial charge >= 0.3 is 5.97 Å². The quantitative estimate of drug-likeness (QED) is 0.656. The fraction of sp³-hybridized carbons (Fsp3) is 0.364. The van der Waals surface area contributed by atoms with Crippen molar-refractivity contribution in [3.05, 3.63) is 33.1 Å². The van der Waals surface area contributed by atoms with Crippen molar-refractivity contribution in [2.45, 2.75) is 24.8 Å². The lowest BCUT2D eigenvalue weighted by Gasteiger charge is -2.38. The molecule has 6 nitrogen and oxygen atoms in total. The maximum Gasteiger partial charge on any atom is 0.329 e. The summed E-state index contributed by atoms with van der Waals surface area (Å²) in [4.78, 5) is 21.3. The lowest BCUT2D eigenvalue weighted by Crippen LogP contribution is -2.52. The van der Waals surface area contributed by atoms with Crippen LogP contribution >= 0.6 is 11.6 Å². The van der Waals surface area contributed by atoms with E-state index >= 15 is 0 Å². The molecule has 0 bridgehead atoms. The van der Waals surface area contributed by atoms with Crippen molar-refractivity contribution in [1.82, 2.24) is 0 Å². The van der Waals surface area contributed by atoms with Crippen LogP contribution in [0.5, 0.6) is 0 Å². The van der Waals surface area contributed by atoms with Crippen LogP contribution in [0, 0.1) is 15.9 Å². The lowest BCUT2D eigenvalue weighted by atomic mass is 9.76. The molecule has 8 heteroatoms. The minimum atomic E-state index is -1.23. The third kappa shape index (κ3) is 2.33. The zero-order chi connectivity index (χ0) is 14.2. The number of halogens is 2. The summed E-state index contributed by atoms with van der Waals surface area (Å²) in [5.41, 5.74) is -1.85. The molecule has 0 spiro atoms. The third-order valence-corrected chi connectivity index (χ3v) is 3.52.